The first kappa shape index (κ1) is 9.78. The molecule has 0 radical (unpaired) electrons. The zero-order chi connectivity index (χ0) is 9.35. The molecule has 1 rings (SSSR count). The van der Waals surface area contributed by atoms with Gasteiger partial charge in [0.15, 0.2) is 4.32 Å². The van der Waals surface area contributed by atoms with Crippen LogP contribution in [0.2, 0.25) is 0 Å². The van der Waals surface area contributed by atoms with Crippen molar-refractivity contribution >= 4 is 65.2 Å². The van der Waals surface area contributed by atoms with Crippen LogP contribution in [0.25, 0.3) is 0 Å². The van der Waals surface area contributed by atoms with Crippen LogP contribution in [0, 0.1) is 0 Å². The van der Waals surface area contributed by atoms with Crippen LogP contribution < -0.4 is 16.9 Å². The molecule has 0 aromatic carbocycles. The Morgan fingerprint density at radius 3 is 2.08 bits per heavy atom. The summed E-state index contributed by atoms with van der Waals surface area (Å²) < 4.78 is 0.824. The van der Waals surface area contributed by atoms with Crippen molar-refractivity contribution in [2.75, 3.05) is 0 Å². The van der Waals surface area contributed by atoms with Crippen molar-refractivity contribution in [1.82, 2.24) is 5.43 Å². The number of hydrogen-bond acceptors (Lipinski definition) is 4. The maximum absolute atomic E-state index is 5.51. The minimum atomic E-state index is -1.93. The molecule has 1 aliphatic rings. The molecule has 5 N–H and O–H groups in total. The summed E-state index contributed by atoms with van der Waals surface area (Å²) in [4.78, 5) is 0. The molecule has 12 heavy (non-hydrogen) atoms. The first-order chi connectivity index (χ1) is 5.51. The Hall–Kier alpha value is -0.310. The quantitative estimate of drug-likeness (QED) is 0.520. The van der Waals surface area contributed by atoms with E-state index in [9.17, 15) is 0 Å². The number of hydrazone groups is 1. The monoisotopic (exact) mass is 238 g/mol. The van der Waals surface area contributed by atoms with Crippen LogP contribution in [0.1, 0.15) is 0 Å². The number of rotatable bonds is 0. The second-order valence-corrected chi connectivity index (χ2v) is 6.81. The highest BCUT2D eigenvalue weighted by molar-refractivity contribution is 8.80. The normalized spacial score (nSPS) is 21.5. The summed E-state index contributed by atoms with van der Waals surface area (Å²) in [5.41, 5.74) is 15.1. The molecule has 0 amide bonds. The van der Waals surface area contributed by atoms with Crippen LogP contribution in [-0.2, 0) is 0 Å². The van der Waals surface area contributed by atoms with E-state index < -0.39 is 10.0 Å². The lowest BCUT2D eigenvalue weighted by atomic mass is 11.4. The summed E-state index contributed by atoms with van der Waals surface area (Å²) in [7, 11) is -1.93. The highest BCUT2D eigenvalue weighted by atomic mass is 32.3. The van der Waals surface area contributed by atoms with Gasteiger partial charge in [-0.2, -0.15) is 5.10 Å². The fraction of sp³-hybridized carbons (Fsp3) is 0. The van der Waals surface area contributed by atoms with Crippen LogP contribution in [0.3, 0.4) is 0 Å². The summed E-state index contributed by atoms with van der Waals surface area (Å²) >= 11 is 14.7. The Balaban J connectivity index is 3.19. The molecule has 0 atom stereocenters. The number of nitrogens with zero attached hydrogens (tertiary/aromatic N) is 1. The van der Waals surface area contributed by atoms with E-state index in [0.29, 0.717) is 4.32 Å². The van der Waals surface area contributed by atoms with Crippen molar-refractivity contribution in [1.29, 1.82) is 0 Å². The van der Waals surface area contributed by atoms with Gasteiger partial charge >= 0.3 is 0 Å². The molecule has 8 heteroatoms. The van der Waals surface area contributed by atoms with Gasteiger partial charge in [-0.15, -0.1) is 0 Å². The van der Waals surface area contributed by atoms with Gasteiger partial charge in [0, 0.05) is 0 Å². The van der Waals surface area contributed by atoms with Gasteiger partial charge in [0.1, 0.15) is 8.64 Å². The minimum absolute atomic E-state index is 0.203. The van der Waals surface area contributed by atoms with Crippen molar-refractivity contribution in [2.45, 2.75) is 0 Å². The molecule has 0 aromatic rings. The predicted octanol–water partition coefficient (Wildman–Crippen LogP) is 0.110. The number of thiocarbonyl (C=S) groups is 3. The minimum Gasteiger partial charge on any atom is -0.385 e. The number of nitrogens with one attached hydrogen (secondary N) is 1. The summed E-state index contributed by atoms with van der Waals surface area (Å²) in [6, 6.07) is 0. The van der Waals surface area contributed by atoms with Crippen molar-refractivity contribution in [3.05, 3.63) is 0 Å². The Labute approximate surface area is 87.1 Å². The molecule has 4 nitrogen and oxygen atoms in total. The summed E-state index contributed by atoms with van der Waals surface area (Å²) in [5.74, 6) is 0. The van der Waals surface area contributed by atoms with Crippen molar-refractivity contribution < 1.29 is 0 Å². The van der Waals surface area contributed by atoms with Gasteiger partial charge in [-0.05, 0) is 10.0 Å². The molecule has 0 saturated carbocycles. The van der Waals surface area contributed by atoms with Crippen molar-refractivity contribution in [3.8, 4) is 0 Å². The largest absolute Gasteiger partial charge is 0.385 e. The van der Waals surface area contributed by atoms with Crippen molar-refractivity contribution in [3.63, 3.8) is 0 Å². The highest BCUT2D eigenvalue weighted by Gasteiger charge is 2.37. The predicted molar refractivity (Wildman–Crippen MR) is 65.4 cm³/mol. The van der Waals surface area contributed by atoms with Gasteiger partial charge in [-0.3, -0.25) is 5.43 Å². The zero-order valence-electron chi connectivity index (χ0n) is 5.81. The molecule has 0 fully saturated rings. The summed E-state index contributed by atoms with van der Waals surface area (Å²) in [5, 5.41) is 3.75. The summed E-state index contributed by atoms with van der Waals surface area (Å²) in [6.45, 7) is 0. The number of nitrogens with two attached hydrogens (primary N) is 2. The second kappa shape index (κ2) is 3.21. The molecule has 1 aliphatic heterocycles. The molecular weight excluding hydrogens is 232 g/mol. The van der Waals surface area contributed by atoms with E-state index in [-0.39, 0.29) is 8.64 Å². The average molecular weight is 238 g/mol. The third kappa shape index (κ3) is 1.20. The molecule has 66 valence electrons. The van der Waals surface area contributed by atoms with E-state index in [1.54, 1.807) is 0 Å². The highest BCUT2D eigenvalue weighted by Crippen LogP contribution is 2.48. The zero-order valence-corrected chi connectivity index (χ0v) is 9.08. The van der Waals surface area contributed by atoms with Crippen LogP contribution in [-0.4, -0.2) is 18.5 Å². The van der Waals surface area contributed by atoms with E-state index in [1.165, 1.54) is 5.55 Å². The maximum atomic E-state index is 5.51. The van der Waals surface area contributed by atoms with Gasteiger partial charge in [0.05, 0.1) is 5.55 Å². The van der Waals surface area contributed by atoms with Gasteiger partial charge in [0.2, 0.25) is 0 Å². The maximum Gasteiger partial charge on any atom is 0.153 e. The lowest BCUT2D eigenvalue weighted by Gasteiger charge is -2.27. The van der Waals surface area contributed by atoms with Gasteiger partial charge < -0.3 is 11.5 Å². The second-order valence-electron chi connectivity index (χ2n) is 1.93. The molecule has 0 saturated heterocycles. The Bertz CT molecular complexity index is 281. The standard InChI is InChI=1S/C4H6N4S4/c5-2(9)12(3(6)10)1-7-8-4(12)11/h1H,(H2,5,9)(H2,6,10)(H,8,11). The van der Waals surface area contributed by atoms with E-state index >= 15 is 0 Å². The van der Waals surface area contributed by atoms with E-state index in [0.717, 1.165) is 0 Å². The topological polar surface area (TPSA) is 76.4 Å². The lowest BCUT2D eigenvalue weighted by Crippen LogP contribution is -2.35. The van der Waals surface area contributed by atoms with E-state index in [1.807, 2.05) is 0 Å². The molecule has 0 unspecified atom stereocenters. The molecule has 1 heterocycles. The van der Waals surface area contributed by atoms with Gasteiger partial charge in [-0.25, -0.2) is 0 Å². The van der Waals surface area contributed by atoms with Crippen molar-refractivity contribution in [2.24, 2.45) is 16.6 Å². The first-order valence-corrected chi connectivity index (χ1v) is 5.69. The molecule has 0 aliphatic carbocycles. The molecule has 0 bridgehead atoms. The van der Waals surface area contributed by atoms with Gasteiger partial charge in [0.25, 0.3) is 0 Å². The third-order valence-corrected chi connectivity index (χ3v) is 6.12. The average Bonchev–Trinajstić information content (AvgIpc) is 2.31. The van der Waals surface area contributed by atoms with Crippen LogP contribution in [0.4, 0.5) is 0 Å². The Morgan fingerprint density at radius 2 is 1.92 bits per heavy atom. The third-order valence-electron chi connectivity index (χ3n) is 1.29. The SMILES string of the molecule is NC(=S)S1(C(N)=S)C=NNC1=S. The van der Waals surface area contributed by atoms with E-state index in [2.05, 4.69) is 10.5 Å². The molecule has 0 aromatic heterocycles. The summed E-state index contributed by atoms with van der Waals surface area (Å²) in [6.07, 6.45) is 0. The van der Waals surface area contributed by atoms with Crippen LogP contribution in [0.5, 0.6) is 0 Å². The fourth-order valence-electron chi connectivity index (χ4n) is 0.664. The molecular formula is C4H6N4S4. The van der Waals surface area contributed by atoms with E-state index in [4.69, 9.17) is 48.1 Å². The number of hydrogen-bond donors (Lipinski definition) is 3. The molecule has 0 spiro atoms. The lowest BCUT2D eigenvalue weighted by molar-refractivity contribution is 1.09. The fourth-order valence-corrected chi connectivity index (χ4v) is 4.43. The van der Waals surface area contributed by atoms with Crippen LogP contribution >= 0.6 is 46.7 Å². The van der Waals surface area contributed by atoms with Gasteiger partial charge in [-0.1, -0.05) is 36.7 Å². The first-order valence-electron chi connectivity index (χ1n) is 2.77. The Kier molecular flexibility index (Phi) is 2.61. The van der Waals surface area contributed by atoms with Crippen LogP contribution in [0.15, 0.2) is 5.10 Å². The smallest absolute Gasteiger partial charge is 0.153 e. The Morgan fingerprint density at radius 1 is 1.42 bits per heavy atom.